The Morgan fingerprint density at radius 2 is 1.41 bits per heavy atom. The fourth-order valence-electron chi connectivity index (χ4n) is 5.82. The third-order valence-corrected chi connectivity index (χ3v) is 8.20. The van der Waals surface area contributed by atoms with Crippen LogP contribution in [-0.2, 0) is 12.8 Å². The smallest absolute Gasteiger partial charge is 0.127 e. The number of anilines is 1. The Kier molecular flexibility index (Phi) is 10.5. The van der Waals surface area contributed by atoms with Crippen LogP contribution in [-0.4, -0.2) is 26.7 Å². The highest BCUT2D eigenvalue weighted by atomic mass is 16.5. The quantitative estimate of drug-likeness (QED) is 0.108. The maximum atomic E-state index is 6.24. The molecule has 0 atom stereocenters. The van der Waals surface area contributed by atoms with Crippen LogP contribution in [0.15, 0.2) is 104 Å². The number of rotatable bonds is 15. The standard InChI is InChI=1S/C40H45N3O/c1-28-17-18-39(43-30(3)38-26-33-14-6-5-12-31(33)24-35(38)16-9-10-20-42-4)36(22-28)23-29(2)37-25-32-13-7-8-15-34(32)27-40(37)44-21-11-19-41/h5-8,12-15,17-18,22,24-27,42-43H,2-3,9-11,16,19-21,23,41H2,1,4H3. The minimum atomic E-state index is 0.579. The van der Waals surface area contributed by atoms with E-state index in [1.54, 1.807) is 0 Å². The van der Waals surface area contributed by atoms with Crippen LogP contribution in [0.1, 0.15) is 47.1 Å². The number of allylic oxidation sites excluding steroid dienone is 1. The lowest BCUT2D eigenvalue weighted by Gasteiger charge is -2.20. The summed E-state index contributed by atoms with van der Waals surface area (Å²) in [6.07, 6.45) is 4.75. The zero-order valence-electron chi connectivity index (χ0n) is 26.2. The average molecular weight is 584 g/mol. The van der Waals surface area contributed by atoms with Gasteiger partial charge < -0.3 is 21.1 Å². The number of ether oxygens (including phenoxy) is 1. The molecular weight excluding hydrogens is 538 g/mol. The lowest BCUT2D eigenvalue weighted by atomic mass is 9.93. The van der Waals surface area contributed by atoms with Crippen LogP contribution in [0, 0.1) is 6.92 Å². The first-order valence-electron chi connectivity index (χ1n) is 15.7. The van der Waals surface area contributed by atoms with Crippen LogP contribution in [0.25, 0.3) is 32.8 Å². The van der Waals surface area contributed by atoms with Crippen molar-refractivity contribution in [2.75, 3.05) is 32.1 Å². The van der Waals surface area contributed by atoms with Gasteiger partial charge in [-0.3, -0.25) is 0 Å². The van der Waals surface area contributed by atoms with Crippen molar-refractivity contribution in [2.45, 2.75) is 39.0 Å². The van der Waals surface area contributed by atoms with Gasteiger partial charge >= 0.3 is 0 Å². The summed E-state index contributed by atoms with van der Waals surface area (Å²) in [5.41, 5.74) is 14.6. The van der Waals surface area contributed by atoms with Crippen molar-refractivity contribution < 1.29 is 4.74 Å². The van der Waals surface area contributed by atoms with Gasteiger partial charge in [-0.25, -0.2) is 0 Å². The molecule has 0 heterocycles. The van der Waals surface area contributed by atoms with E-state index < -0.39 is 0 Å². The van der Waals surface area contributed by atoms with Crippen LogP contribution < -0.4 is 21.1 Å². The fraction of sp³-hybridized carbons (Fsp3) is 0.250. The third kappa shape index (κ3) is 7.57. The molecule has 4 nitrogen and oxygen atoms in total. The second-order valence-corrected chi connectivity index (χ2v) is 11.6. The van der Waals surface area contributed by atoms with Crippen molar-refractivity contribution in [1.82, 2.24) is 5.32 Å². The molecule has 0 fully saturated rings. The maximum Gasteiger partial charge on any atom is 0.127 e. The molecule has 0 aromatic heterocycles. The molecule has 0 aliphatic heterocycles. The van der Waals surface area contributed by atoms with Gasteiger partial charge in [-0.2, -0.15) is 0 Å². The molecule has 0 aliphatic rings. The maximum absolute atomic E-state index is 6.24. The molecule has 5 aromatic carbocycles. The van der Waals surface area contributed by atoms with Crippen molar-refractivity contribution in [3.63, 3.8) is 0 Å². The molecule has 44 heavy (non-hydrogen) atoms. The molecule has 4 N–H and O–H groups in total. The van der Waals surface area contributed by atoms with Gasteiger partial charge in [0, 0.05) is 22.5 Å². The van der Waals surface area contributed by atoms with Crippen LogP contribution >= 0.6 is 0 Å². The summed E-state index contributed by atoms with van der Waals surface area (Å²) in [4.78, 5) is 0. The van der Waals surface area contributed by atoms with Crippen LogP contribution in [0.3, 0.4) is 0 Å². The van der Waals surface area contributed by atoms with Crippen molar-refractivity contribution in [2.24, 2.45) is 5.73 Å². The second kappa shape index (κ2) is 14.9. The Labute approximate surface area is 262 Å². The number of unbranched alkanes of at least 4 members (excludes halogenated alkanes) is 1. The van der Waals surface area contributed by atoms with E-state index in [4.69, 9.17) is 10.5 Å². The van der Waals surface area contributed by atoms with Gasteiger partial charge in [-0.1, -0.05) is 85.5 Å². The highest BCUT2D eigenvalue weighted by Gasteiger charge is 2.15. The monoisotopic (exact) mass is 583 g/mol. The van der Waals surface area contributed by atoms with Gasteiger partial charge in [-0.05, 0) is 122 Å². The number of hydrogen-bond acceptors (Lipinski definition) is 4. The molecule has 5 rings (SSSR count). The van der Waals surface area contributed by atoms with Gasteiger partial charge in [0.05, 0.1) is 6.61 Å². The van der Waals surface area contributed by atoms with Crippen LogP contribution in [0.4, 0.5) is 5.69 Å². The number of benzene rings is 5. The van der Waals surface area contributed by atoms with Crippen molar-refractivity contribution >= 4 is 38.5 Å². The first-order chi connectivity index (χ1) is 21.5. The number of fused-ring (bicyclic) bond motifs is 2. The van der Waals surface area contributed by atoms with Crippen molar-refractivity contribution in [3.8, 4) is 5.75 Å². The van der Waals surface area contributed by atoms with Crippen molar-refractivity contribution in [1.29, 1.82) is 0 Å². The predicted octanol–water partition coefficient (Wildman–Crippen LogP) is 8.91. The number of aryl methyl sites for hydroxylation is 2. The summed E-state index contributed by atoms with van der Waals surface area (Å²) in [5.74, 6) is 0.854. The van der Waals surface area contributed by atoms with Gasteiger partial charge in [0.2, 0.25) is 0 Å². The molecule has 0 saturated heterocycles. The van der Waals surface area contributed by atoms with E-state index in [1.165, 1.54) is 38.4 Å². The minimum absolute atomic E-state index is 0.579. The Morgan fingerprint density at radius 1 is 0.750 bits per heavy atom. The number of nitrogens with two attached hydrogens (primary N) is 1. The zero-order valence-corrected chi connectivity index (χ0v) is 26.2. The van der Waals surface area contributed by atoms with Gasteiger partial charge in [0.1, 0.15) is 5.75 Å². The minimum Gasteiger partial charge on any atom is -0.493 e. The van der Waals surface area contributed by atoms with Crippen LogP contribution in [0.5, 0.6) is 5.75 Å². The molecule has 226 valence electrons. The molecule has 5 aromatic rings. The van der Waals surface area contributed by atoms with E-state index >= 15 is 0 Å². The lowest BCUT2D eigenvalue weighted by Crippen LogP contribution is -2.08. The Bertz CT molecular complexity index is 1770. The molecule has 0 amide bonds. The lowest BCUT2D eigenvalue weighted by molar-refractivity contribution is 0.313. The normalized spacial score (nSPS) is 11.2. The summed E-state index contributed by atoms with van der Waals surface area (Å²) in [5, 5.41) is 11.8. The Balaban J connectivity index is 1.44. The van der Waals surface area contributed by atoms with E-state index in [-0.39, 0.29) is 0 Å². The summed E-state index contributed by atoms with van der Waals surface area (Å²) in [6, 6.07) is 32.5. The third-order valence-electron chi connectivity index (χ3n) is 8.20. The van der Waals surface area contributed by atoms with Crippen LogP contribution in [0.2, 0.25) is 0 Å². The van der Waals surface area contributed by atoms with E-state index in [0.29, 0.717) is 19.6 Å². The Morgan fingerprint density at radius 3 is 2.09 bits per heavy atom. The average Bonchev–Trinajstić information content (AvgIpc) is 3.03. The largest absolute Gasteiger partial charge is 0.493 e. The molecule has 0 aliphatic carbocycles. The van der Waals surface area contributed by atoms with Crippen molar-refractivity contribution in [3.05, 3.63) is 132 Å². The van der Waals surface area contributed by atoms with Gasteiger partial charge in [0.15, 0.2) is 0 Å². The zero-order chi connectivity index (χ0) is 30.9. The highest BCUT2D eigenvalue weighted by molar-refractivity contribution is 5.91. The molecule has 0 spiro atoms. The Hall–Kier alpha value is -4.38. The van der Waals surface area contributed by atoms with E-state index in [1.807, 2.05) is 7.05 Å². The summed E-state index contributed by atoms with van der Waals surface area (Å²) in [6.45, 7) is 13.4. The first kappa shape index (κ1) is 31.1. The summed E-state index contributed by atoms with van der Waals surface area (Å²) < 4.78 is 6.24. The first-order valence-corrected chi connectivity index (χ1v) is 15.7. The summed E-state index contributed by atoms with van der Waals surface area (Å²) >= 11 is 0. The topological polar surface area (TPSA) is 59.3 Å². The van der Waals surface area contributed by atoms with E-state index in [2.05, 4.69) is 122 Å². The summed E-state index contributed by atoms with van der Waals surface area (Å²) in [7, 11) is 2.01. The molecule has 0 unspecified atom stereocenters. The van der Waals surface area contributed by atoms with Gasteiger partial charge in [0.25, 0.3) is 0 Å². The number of nitrogens with one attached hydrogen (secondary N) is 2. The van der Waals surface area contributed by atoms with Gasteiger partial charge in [-0.15, -0.1) is 0 Å². The molecule has 0 bridgehead atoms. The fourth-order valence-corrected chi connectivity index (χ4v) is 5.82. The predicted molar refractivity (Wildman–Crippen MR) is 191 cm³/mol. The van der Waals surface area contributed by atoms with E-state index in [9.17, 15) is 0 Å². The molecule has 0 saturated carbocycles. The second-order valence-electron chi connectivity index (χ2n) is 11.6. The highest BCUT2D eigenvalue weighted by Crippen LogP contribution is 2.35. The SMILES string of the molecule is C=C(Nc1ccc(C)cc1CC(=C)c1cc2ccccc2cc1OCCCN)c1cc2ccccc2cc1CCCCNC. The van der Waals surface area contributed by atoms with E-state index in [0.717, 1.165) is 65.9 Å². The molecule has 0 radical (unpaired) electrons. The number of hydrogen-bond donors (Lipinski definition) is 3. The molecule has 4 heteroatoms. The molecular formula is C40H45N3O.